The Morgan fingerprint density at radius 3 is 1.17 bits per heavy atom. The average Bonchev–Trinajstić information content (AvgIpc) is 3.88. The van der Waals surface area contributed by atoms with Gasteiger partial charge in [0.05, 0.1) is 32.8 Å². The highest BCUT2D eigenvalue weighted by molar-refractivity contribution is 7.14. The molecule has 0 unspecified atom stereocenters. The molecule has 0 aliphatic rings. The van der Waals surface area contributed by atoms with Crippen molar-refractivity contribution in [1.29, 1.82) is 0 Å². The number of hydrogen-bond acceptors (Lipinski definition) is 4. The van der Waals surface area contributed by atoms with Crippen LogP contribution in [0.5, 0.6) is 0 Å². The van der Waals surface area contributed by atoms with Crippen molar-refractivity contribution >= 4 is 109 Å². The summed E-state index contributed by atoms with van der Waals surface area (Å²) < 4.78 is 0. The predicted molar refractivity (Wildman–Crippen MR) is 210 cm³/mol. The van der Waals surface area contributed by atoms with E-state index in [-0.39, 0.29) is 0 Å². The Labute approximate surface area is 286 Å². The maximum Gasteiger partial charge on any atom is 0.0999 e. The molecule has 0 saturated carbocycles. The number of rotatable bonds is 6. The van der Waals surface area contributed by atoms with Crippen LogP contribution in [0.15, 0.2) is 168 Å². The highest BCUT2D eigenvalue weighted by Gasteiger charge is 2.23. The van der Waals surface area contributed by atoms with Crippen LogP contribution >= 0.6 is 22.7 Å². The summed E-state index contributed by atoms with van der Waals surface area (Å²) in [7, 11) is 0. The smallest absolute Gasteiger partial charge is 0.0999 e. The second-order valence-electron chi connectivity index (χ2n) is 12.2. The fourth-order valence-corrected chi connectivity index (χ4v) is 9.01. The Morgan fingerprint density at radius 1 is 0.292 bits per heavy atom. The summed E-state index contributed by atoms with van der Waals surface area (Å²) in [6, 6.07) is 57.9. The molecule has 48 heavy (non-hydrogen) atoms. The first kappa shape index (κ1) is 27.4. The molecular weight excluding hydrogens is 621 g/mol. The van der Waals surface area contributed by atoms with E-state index in [1.165, 1.54) is 86.6 Å². The lowest BCUT2D eigenvalue weighted by Gasteiger charge is -2.29. The molecule has 10 aromatic rings. The fraction of sp³-hybridized carbons (Fsp3) is 0. The van der Waals surface area contributed by atoms with Gasteiger partial charge in [0.25, 0.3) is 0 Å². The molecule has 2 aromatic heterocycles. The van der Waals surface area contributed by atoms with Gasteiger partial charge in [-0.25, -0.2) is 0 Å². The van der Waals surface area contributed by atoms with Crippen LogP contribution in [0.4, 0.5) is 32.8 Å². The number of anilines is 6. The van der Waals surface area contributed by atoms with E-state index >= 15 is 0 Å². The van der Waals surface area contributed by atoms with Gasteiger partial charge in [0, 0.05) is 21.5 Å². The zero-order valence-corrected chi connectivity index (χ0v) is 27.5. The van der Waals surface area contributed by atoms with E-state index in [9.17, 15) is 0 Å². The van der Waals surface area contributed by atoms with Gasteiger partial charge in [-0.2, -0.15) is 0 Å². The number of hydrogen-bond donors (Lipinski definition) is 0. The number of thiophene rings is 2. The van der Waals surface area contributed by atoms with Crippen molar-refractivity contribution in [1.82, 2.24) is 0 Å². The van der Waals surface area contributed by atoms with Crippen molar-refractivity contribution in [2.24, 2.45) is 0 Å². The lowest BCUT2D eigenvalue weighted by molar-refractivity contribution is 1.35. The van der Waals surface area contributed by atoms with Gasteiger partial charge in [-0.05, 0) is 91.6 Å². The van der Waals surface area contributed by atoms with Gasteiger partial charge in [-0.3, -0.25) is 0 Å². The second kappa shape index (κ2) is 11.0. The first-order chi connectivity index (χ1) is 23.8. The number of fused-ring (bicyclic) bond motifs is 2. The van der Waals surface area contributed by atoms with Crippen molar-refractivity contribution in [2.75, 3.05) is 9.80 Å². The van der Waals surface area contributed by atoms with Crippen molar-refractivity contribution in [3.05, 3.63) is 168 Å². The van der Waals surface area contributed by atoms with Crippen LogP contribution in [0, 0.1) is 0 Å². The molecule has 4 heteroatoms. The normalized spacial score (nSPS) is 11.8. The van der Waals surface area contributed by atoms with Crippen LogP contribution in [-0.4, -0.2) is 0 Å². The van der Waals surface area contributed by atoms with Crippen molar-refractivity contribution in [2.45, 2.75) is 0 Å². The zero-order valence-electron chi connectivity index (χ0n) is 25.9. The predicted octanol–water partition coefficient (Wildman–Crippen LogP) is 14.0. The third kappa shape index (κ3) is 4.17. The summed E-state index contributed by atoms with van der Waals surface area (Å²) >= 11 is 3.55. The lowest BCUT2D eigenvalue weighted by atomic mass is 9.91. The van der Waals surface area contributed by atoms with E-state index in [2.05, 4.69) is 178 Å². The van der Waals surface area contributed by atoms with E-state index in [0.29, 0.717) is 0 Å². The third-order valence-corrected chi connectivity index (χ3v) is 11.3. The monoisotopic (exact) mass is 648 g/mol. The van der Waals surface area contributed by atoms with E-state index in [4.69, 9.17) is 0 Å². The molecule has 0 atom stereocenters. The Bertz CT molecular complexity index is 2540. The molecular formula is C44H28N2S2. The zero-order chi connectivity index (χ0) is 31.6. The van der Waals surface area contributed by atoms with Gasteiger partial charge in [-0.15, -0.1) is 22.7 Å². The lowest BCUT2D eigenvalue weighted by Crippen LogP contribution is -2.10. The first-order valence-electron chi connectivity index (χ1n) is 16.2. The molecule has 2 heterocycles. The van der Waals surface area contributed by atoms with Crippen molar-refractivity contribution < 1.29 is 0 Å². The summed E-state index contributed by atoms with van der Waals surface area (Å²) in [5.74, 6) is 0. The fourth-order valence-electron chi connectivity index (χ4n) is 7.50. The van der Waals surface area contributed by atoms with Crippen LogP contribution in [0.25, 0.3) is 53.9 Å². The van der Waals surface area contributed by atoms with Crippen LogP contribution < -0.4 is 9.80 Å². The van der Waals surface area contributed by atoms with Crippen LogP contribution in [0.1, 0.15) is 0 Å². The number of nitrogens with zero attached hydrogens (tertiary/aromatic N) is 2. The standard InChI is InChI=1S/C44H28N2S2/c1-3-13-33-29(9-1)11-5-15-37(33)45(41-17-7-27-47-41)39-25-21-31-20-24-36-40(26-22-32-19-23-35(39)43(31)44(32)36)46(42-18-8-28-48-42)38-16-6-12-30-10-2-4-14-34(30)38/h1-28H. The molecule has 0 radical (unpaired) electrons. The summed E-state index contributed by atoms with van der Waals surface area (Å²) in [5.41, 5.74) is 4.74. The van der Waals surface area contributed by atoms with E-state index in [0.717, 1.165) is 0 Å². The number of benzene rings is 8. The van der Waals surface area contributed by atoms with E-state index in [1.54, 1.807) is 22.7 Å². The second-order valence-corrected chi connectivity index (χ2v) is 14.0. The Morgan fingerprint density at radius 2 is 0.708 bits per heavy atom. The van der Waals surface area contributed by atoms with E-state index < -0.39 is 0 Å². The Kier molecular flexibility index (Phi) is 6.26. The molecule has 0 aliphatic carbocycles. The summed E-state index contributed by atoms with van der Waals surface area (Å²) in [6.45, 7) is 0. The molecule has 0 bridgehead atoms. The molecule has 8 aromatic carbocycles. The summed E-state index contributed by atoms with van der Waals surface area (Å²) in [6.07, 6.45) is 0. The highest BCUT2D eigenvalue weighted by atomic mass is 32.1. The maximum atomic E-state index is 2.45. The Hall–Kier alpha value is -5.68. The van der Waals surface area contributed by atoms with E-state index in [1.807, 2.05) is 0 Å². The van der Waals surface area contributed by atoms with Gasteiger partial charge in [0.2, 0.25) is 0 Å². The molecule has 2 nitrogen and oxygen atoms in total. The SMILES string of the molecule is c1csc(N(c2cccc3ccccc23)c2ccc3ccc4c(N(c5cccs5)c5cccc6ccccc56)ccc5ccc2c3c54)c1. The highest BCUT2D eigenvalue weighted by Crippen LogP contribution is 2.50. The summed E-state index contributed by atoms with van der Waals surface area (Å²) in [4.78, 5) is 4.90. The minimum Gasteiger partial charge on any atom is -0.301 e. The quantitative estimate of drug-likeness (QED) is 0.166. The first-order valence-corrected chi connectivity index (χ1v) is 17.9. The molecule has 0 N–H and O–H groups in total. The van der Waals surface area contributed by atoms with Gasteiger partial charge < -0.3 is 9.80 Å². The molecule has 0 amide bonds. The van der Waals surface area contributed by atoms with Gasteiger partial charge in [0.15, 0.2) is 0 Å². The van der Waals surface area contributed by atoms with Crippen molar-refractivity contribution in [3.63, 3.8) is 0 Å². The van der Waals surface area contributed by atoms with Crippen molar-refractivity contribution in [3.8, 4) is 0 Å². The molecule has 226 valence electrons. The topological polar surface area (TPSA) is 6.48 Å². The van der Waals surface area contributed by atoms with Crippen LogP contribution in [0.2, 0.25) is 0 Å². The molecule has 0 aliphatic heterocycles. The minimum absolute atomic E-state index is 1.19. The van der Waals surface area contributed by atoms with Crippen LogP contribution in [-0.2, 0) is 0 Å². The molecule has 0 fully saturated rings. The van der Waals surface area contributed by atoms with Crippen LogP contribution in [0.3, 0.4) is 0 Å². The van der Waals surface area contributed by atoms with Gasteiger partial charge in [-0.1, -0.05) is 109 Å². The molecule has 0 saturated heterocycles. The van der Waals surface area contributed by atoms with Gasteiger partial charge in [0.1, 0.15) is 0 Å². The molecule has 10 rings (SSSR count). The average molecular weight is 649 g/mol. The largest absolute Gasteiger partial charge is 0.301 e. The summed E-state index contributed by atoms with van der Waals surface area (Å²) in [5, 5.41) is 19.3. The Balaban J connectivity index is 1.26. The molecule has 0 spiro atoms. The minimum atomic E-state index is 1.19. The maximum absolute atomic E-state index is 2.45. The van der Waals surface area contributed by atoms with Gasteiger partial charge >= 0.3 is 0 Å². The third-order valence-electron chi connectivity index (χ3n) is 9.57.